The van der Waals surface area contributed by atoms with Crippen LogP contribution >= 0.6 is 11.6 Å². The minimum Gasteiger partial charge on any atom is -0.325 e. The van der Waals surface area contributed by atoms with Gasteiger partial charge in [0.25, 0.3) is 0 Å². The molecule has 3 aromatic rings. The van der Waals surface area contributed by atoms with Crippen LogP contribution in [0.2, 0.25) is 5.02 Å². The lowest BCUT2D eigenvalue weighted by Crippen LogP contribution is -1.97. The van der Waals surface area contributed by atoms with Crippen LogP contribution in [0.5, 0.6) is 0 Å². The molecule has 0 saturated heterocycles. The number of hydrogen-bond donors (Lipinski definition) is 1. The molecule has 5 heteroatoms. The highest BCUT2D eigenvalue weighted by Crippen LogP contribution is 2.18. The van der Waals surface area contributed by atoms with Crippen LogP contribution in [0.15, 0.2) is 42.6 Å². The van der Waals surface area contributed by atoms with Crippen LogP contribution in [-0.4, -0.2) is 15.0 Å². The van der Waals surface area contributed by atoms with Crippen LogP contribution in [0, 0.1) is 6.92 Å². The molecular weight excluding hydrogens is 260 g/mol. The molecule has 0 bridgehead atoms. The molecule has 0 fully saturated rings. The second-order valence-corrected chi connectivity index (χ2v) is 4.62. The molecular formula is C14H11ClN4. The number of hydrogen-bond acceptors (Lipinski definition) is 4. The highest BCUT2D eigenvalue weighted by molar-refractivity contribution is 6.30. The Labute approximate surface area is 115 Å². The molecule has 0 saturated carbocycles. The Hall–Kier alpha value is -2.20. The Bertz CT molecular complexity index is 742. The van der Waals surface area contributed by atoms with Crippen LogP contribution < -0.4 is 5.32 Å². The van der Waals surface area contributed by atoms with Gasteiger partial charge in [0.1, 0.15) is 11.6 Å². The number of pyridine rings is 3. The van der Waals surface area contributed by atoms with Gasteiger partial charge in [-0.05, 0) is 43.3 Å². The summed E-state index contributed by atoms with van der Waals surface area (Å²) in [5, 5.41) is 4.75. The first-order valence-corrected chi connectivity index (χ1v) is 6.21. The van der Waals surface area contributed by atoms with E-state index in [1.165, 1.54) is 0 Å². The summed E-state index contributed by atoms with van der Waals surface area (Å²) >= 11 is 5.91. The summed E-state index contributed by atoms with van der Waals surface area (Å²) in [6.45, 7) is 1.94. The molecule has 0 aliphatic carbocycles. The van der Waals surface area contributed by atoms with Gasteiger partial charge in [0.2, 0.25) is 0 Å². The fourth-order valence-corrected chi connectivity index (χ4v) is 1.93. The summed E-state index contributed by atoms with van der Waals surface area (Å²) in [5.41, 5.74) is 1.66. The van der Waals surface area contributed by atoms with Crippen molar-refractivity contribution in [3.05, 3.63) is 53.3 Å². The van der Waals surface area contributed by atoms with E-state index in [1.807, 2.05) is 31.2 Å². The standard InChI is InChI=1S/C14H11ClN4/c1-9-2-3-10-4-5-12(19-14(10)17-9)18-13-8-11(15)6-7-16-13/h2-8H,1H3,(H,16,17,18,19). The Morgan fingerprint density at radius 3 is 2.68 bits per heavy atom. The van der Waals surface area contributed by atoms with E-state index in [1.54, 1.807) is 18.3 Å². The van der Waals surface area contributed by atoms with Gasteiger partial charge >= 0.3 is 0 Å². The molecule has 3 rings (SSSR count). The van der Waals surface area contributed by atoms with Crippen molar-refractivity contribution in [3.8, 4) is 0 Å². The summed E-state index contributed by atoms with van der Waals surface area (Å²) in [6.07, 6.45) is 1.65. The van der Waals surface area contributed by atoms with Crippen molar-refractivity contribution in [1.82, 2.24) is 15.0 Å². The SMILES string of the molecule is Cc1ccc2ccc(Nc3cc(Cl)ccn3)nc2n1. The third-order valence-corrected chi connectivity index (χ3v) is 2.90. The molecule has 0 unspecified atom stereocenters. The monoisotopic (exact) mass is 270 g/mol. The summed E-state index contributed by atoms with van der Waals surface area (Å²) in [5.74, 6) is 1.35. The Morgan fingerprint density at radius 2 is 1.84 bits per heavy atom. The second kappa shape index (κ2) is 4.82. The van der Waals surface area contributed by atoms with Gasteiger partial charge in [-0.3, -0.25) is 0 Å². The van der Waals surface area contributed by atoms with Crippen molar-refractivity contribution in [2.75, 3.05) is 5.32 Å². The zero-order valence-corrected chi connectivity index (χ0v) is 11.0. The summed E-state index contributed by atoms with van der Waals surface area (Å²) in [6, 6.07) is 11.3. The van der Waals surface area contributed by atoms with Crippen molar-refractivity contribution >= 4 is 34.3 Å². The van der Waals surface area contributed by atoms with Gasteiger partial charge < -0.3 is 5.32 Å². The molecule has 1 N–H and O–H groups in total. The minimum absolute atomic E-state index is 0.632. The van der Waals surface area contributed by atoms with E-state index < -0.39 is 0 Å². The average molecular weight is 271 g/mol. The summed E-state index contributed by atoms with van der Waals surface area (Å²) < 4.78 is 0. The number of nitrogens with one attached hydrogen (secondary N) is 1. The van der Waals surface area contributed by atoms with E-state index in [0.29, 0.717) is 22.3 Å². The van der Waals surface area contributed by atoms with E-state index in [4.69, 9.17) is 11.6 Å². The topological polar surface area (TPSA) is 50.7 Å². The van der Waals surface area contributed by atoms with Gasteiger partial charge in [0, 0.05) is 22.3 Å². The predicted molar refractivity (Wildman–Crippen MR) is 76.8 cm³/mol. The van der Waals surface area contributed by atoms with Gasteiger partial charge in [-0.2, -0.15) is 0 Å². The Kier molecular flexibility index (Phi) is 3.01. The first-order valence-electron chi connectivity index (χ1n) is 5.84. The van der Waals surface area contributed by atoms with Gasteiger partial charge in [-0.25, -0.2) is 15.0 Å². The Morgan fingerprint density at radius 1 is 1.00 bits per heavy atom. The summed E-state index contributed by atoms with van der Waals surface area (Å²) in [4.78, 5) is 13.0. The fraction of sp³-hybridized carbons (Fsp3) is 0.0714. The molecule has 3 aromatic heterocycles. The Balaban J connectivity index is 1.97. The second-order valence-electron chi connectivity index (χ2n) is 4.18. The molecule has 0 aliphatic rings. The van der Waals surface area contributed by atoms with Crippen LogP contribution in [0.25, 0.3) is 11.0 Å². The first kappa shape index (κ1) is 11.9. The lowest BCUT2D eigenvalue weighted by Gasteiger charge is -2.06. The van der Waals surface area contributed by atoms with Gasteiger partial charge in [-0.1, -0.05) is 11.6 Å². The molecule has 3 heterocycles. The van der Waals surface area contributed by atoms with Gasteiger partial charge in [0.15, 0.2) is 5.65 Å². The lowest BCUT2D eigenvalue weighted by molar-refractivity contribution is 1.19. The van der Waals surface area contributed by atoms with Crippen LogP contribution in [0.3, 0.4) is 0 Å². The highest BCUT2D eigenvalue weighted by atomic mass is 35.5. The zero-order chi connectivity index (χ0) is 13.2. The number of aromatic nitrogens is 3. The van der Waals surface area contributed by atoms with E-state index in [2.05, 4.69) is 20.3 Å². The van der Waals surface area contributed by atoms with Crippen molar-refractivity contribution in [2.45, 2.75) is 6.92 Å². The predicted octanol–water partition coefficient (Wildman–Crippen LogP) is 3.73. The van der Waals surface area contributed by atoms with Crippen LogP contribution in [0.1, 0.15) is 5.69 Å². The molecule has 0 atom stereocenters. The number of rotatable bonds is 2. The molecule has 0 aromatic carbocycles. The molecule has 4 nitrogen and oxygen atoms in total. The molecule has 0 amide bonds. The van der Waals surface area contributed by atoms with E-state index in [-0.39, 0.29) is 0 Å². The number of halogens is 1. The van der Waals surface area contributed by atoms with Gasteiger partial charge in [0.05, 0.1) is 0 Å². The van der Waals surface area contributed by atoms with Crippen LogP contribution in [0.4, 0.5) is 11.6 Å². The summed E-state index contributed by atoms with van der Waals surface area (Å²) in [7, 11) is 0. The molecule has 0 spiro atoms. The molecule has 0 aliphatic heterocycles. The van der Waals surface area contributed by atoms with E-state index >= 15 is 0 Å². The van der Waals surface area contributed by atoms with Crippen molar-refractivity contribution in [1.29, 1.82) is 0 Å². The molecule has 94 valence electrons. The van der Waals surface area contributed by atoms with Gasteiger partial charge in [-0.15, -0.1) is 0 Å². The third-order valence-electron chi connectivity index (χ3n) is 2.67. The number of fused-ring (bicyclic) bond motifs is 1. The van der Waals surface area contributed by atoms with E-state index in [9.17, 15) is 0 Å². The molecule has 0 radical (unpaired) electrons. The first-order chi connectivity index (χ1) is 9.20. The quantitative estimate of drug-likeness (QED) is 0.771. The molecule has 19 heavy (non-hydrogen) atoms. The van der Waals surface area contributed by atoms with Crippen molar-refractivity contribution in [3.63, 3.8) is 0 Å². The number of aryl methyl sites for hydroxylation is 1. The fourth-order valence-electron chi connectivity index (χ4n) is 1.77. The number of anilines is 2. The maximum atomic E-state index is 5.91. The van der Waals surface area contributed by atoms with Crippen molar-refractivity contribution < 1.29 is 0 Å². The number of nitrogens with zero attached hydrogens (tertiary/aromatic N) is 3. The van der Waals surface area contributed by atoms with Crippen molar-refractivity contribution in [2.24, 2.45) is 0 Å². The third kappa shape index (κ3) is 2.63. The maximum absolute atomic E-state index is 5.91. The maximum Gasteiger partial charge on any atom is 0.161 e. The normalized spacial score (nSPS) is 10.6. The van der Waals surface area contributed by atoms with E-state index in [0.717, 1.165) is 11.1 Å². The minimum atomic E-state index is 0.632. The largest absolute Gasteiger partial charge is 0.325 e. The zero-order valence-electron chi connectivity index (χ0n) is 10.3. The smallest absolute Gasteiger partial charge is 0.161 e. The highest BCUT2D eigenvalue weighted by Gasteiger charge is 2.01. The lowest BCUT2D eigenvalue weighted by atomic mass is 10.2. The average Bonchev–Trinajstić information content (AvgIpc) is 2.38. The van der Waals surface area contributed by atoms with Crippen LogP contribution in [-0.2, 0) is 0 Å².